The maximum atomic E-state index is 13.3. The molecule has 1 heterocycles. The van der Waals surface area contributed by atoms with E-state index in [0.717, 1.165) is 22.3 Å². The molecule has 0 bridgehead atoms. The van der Waals surface area contributed by atoms with Gasteiger partial charge in [-0.1, -0.05) is 68.8 Å². The second-order valence-corrected chi connectivity index (χ2v) is 9.61. The van der Waals surface area contributed by atoms with E-state index in [9.17, 15) is 19.5 Å². The van der Waals surface area contributed by atoms with Crippen LogP contribution in [0.1, 0.15) is 63.0 Å². The maximum Gasteiger partial charge on any atom is 0.407 e. The van der Waals surface area contributed by atoms with Crippen molar-refractivity contribution >= 4 is 18.0 Å². The number of nitrogens with zero attached hydrogens (tertiary/aromatic N) is 1. The summed E-state index contributed by atoms with van der Waals surface area (Å²) < 4.78 is 5.64. The van der Waals surface area contributed by atoms with Gasteiger partial charge in [-0.2, -0.15) is 0 Å². The Morgan fingerprint density at radius 3 is 2.29 bits per heavy atom. The smallest absolute Gasteiger partial charge is 0.407 e. The number of rotatable bonds is 8. The van der Waals surface area contributed by atoms with Crippen LogP contribution >= 0.6 is 0 Å². The van der Waals surface area contributed by atoms with E-state index in [1.54, 1.807) is 4.90 Å². The second-order valence-electron chi connectivity index (χ2n) is 9.61. The molecule has 2 aromatic carbocycles. The molecule has 2 unspecified atom stereocenters. The van der Waals surface area contributed by atoms with Crippen molar-refractivity contribution in [3.8, 4) is 11.1 Å². The van der Waals surface area contributed by atoms with Crippen LogP contribution in [-0.4, -0.2) is 53.7 Å². The minimum atomic E-state index is -0.922. The molecule has 1 aliphatic heterocycles. The van der Waals surface area contributed by atoms with Crippen LogP contribution < -0.4 is 5.32 Å². The third kappa shape index (κ3) is 4.90. The number of alkyl carbamates (subject to hydrolysis) is 1. The van der Waals surface area contributed by atoms with Gasteiger partial charge in [0, 0.05) is 19.0 Å². The number of piperidine rings is 1. The first-order valence-electron chi connectivity index (χ1n) is 12.5. The number of hydrogen-bond donors (Lipinski definition) is 2. The maximum absolute atomic E-state index is 13.3. The summed E-state index contributed by atoms with van der Waals surface area (Å²) in [5, 5.41) is 12.5. The molecular formula is C28H34N2O5. The number of nitrogens with one attached hydrogen (secondary N) is 1. The average molecular weight is 479 g/mol. The van der Waals surface area contributed by atoms with Crippen LogP contribution in [0.5, 0.6) is 0 Å². The lowest BCUT2D eigenvalue weighted by Crippen LogP contribution is -2.55. The third-order valence-electron chi connectivity index (χ3n) is 7.53. The number of carboxylic acid groups (broad SMARTS) is 1. The average Bonchev–Trinajstić information content (AvgIpc) is 3.20. The van der Waals surface area contributed by atoms with Crippen molar-refractivity contribution in [2.24, 2.45) is 5.41 Å². The molecule has 2 atom stereocenters. The normalized spacial score (nSPS) is 20.0. The van der Waals surface area contributed by atoms with Gasteiger partial charge in [0.2, 0.25) is 5.91 Å². The molecule has 186 valence electrons. The third-order valence-corrected chi connectivity index (χ3v) is 7.53. The molecule has 2 amide bonds. The molecule has 2 N–H and O–H groups in total. The highest BCUT2D eigenvalue weighted by molar-refractivity contribution is 5.87. The van der Waals surface area contributed by atoms with Crippen LogP contribution in [-0.2, 0) is 14.3 Å². The molecule has 35 heavy (non-hydrogen) atoms. The van der Waals surface area contributed by atoms with Gasteiger partial charge in [-0.3, -0.25) is 9.59 Å². The predicted octanol–water partition coefficient (Wildman–Crippen LogP) is 4.80. The molecule has 2 aromatic rings. The first kappa shape index (κ1) is 24.8. The molecule has 1 saturated heterocycles. The lowest BCUT2D eigenvalue weighted by molar-refractivity contribution is -0.155. The molecule has 7 heteroatoms. The molecular weight excluding hydrogens is 444 g/mol. The fourth-order valence-corrected chi connectivity index (χ4v) is 5.48. The van der Waals surface area contributed by atoms with Gasteiger partial charge in [-0.25, -0.2) is 4.79 Å². The number of aliphatic carboxylic acids is 1. The van der Waals surface area contributed by atoms with Crippen molar-refractivity contribution < 1.29 is 24.2 Å². The fraction of sp³-hybridized carbons (Fsp3) is 0.464. The Labute approximate surface area is 206 Å². The lowest BCUT2D eigenvalue weighted by atomic mass is 9.77. The van der Waals surface area contributed by atoms with Gasteiger partial charge < -0.3 is 20.1 Å². The molecule has 7 nitrogen and oxygen atoms in total. The molecule has 2 aliphatic rings. The number of likely N-dealkylation sites (tertiary alicyclic amines) is 1. The highest BCUT2D eigenvalue weighted by Crippen LogP contribution is 2.44. The molecule has 0 radical (unpaired) electrons. The van der Waals surface area contributed by atoms with Crippen LogP contribution in [0.3, 0.4) is 0 Å². The topological polar surface area (TPSA) is 95.9 Å². The van der Waals surface area contributed by atoms with E-state index in [2.05, 4.69) is 29.6 Å². The summed E-state index contributed by atoms with van der Waals surface area (Å²) in [7, 11) is 0. The minimum absolute atomic E-state index is 0.0590. The van der Waals surface area contributed by atoms with Gasteiger partial charge in [-0.05, 0) is 47.9 Å². The van der Waals surface area contributed by atoms with Crippen molar-refractivity contribution in [1.29, 1.82) is 0 Å². The highest BCUT2D eigenvalue weighted by atomic mass is 16.5. The van der Waals surface area contributed by atoms with Crippen LogP contribution in [0, 0.1) is 5.41 Å². The summed E-state index contributed by atoms with van der Waals surface area (Å²) in [5.41, 5.74) is 3.63. The Hall–Kier alpha value is -3.35. The SMILES string of the molecule is CCCC(NC(=O)OCC1c2ccccc2-c2ccccc21)C(=O)N1CCCC(CC)(C(=O)O)C1. The predicted molar refractivity (Wildman–Crippen MR) is 133 cm³/mol. The standard InChI is InChI=1S/C28H34N2O5/c1-3-10-24(25(31)30-16-9-15-28(4-2,18-30)26(32)33)29-27(34)35-17-23-21-13-7-5-11-19(21)20-12-6-8-14-22(20)23/h5-8,11-14,23-24H,3-4,9-10,15-18H2,1-2H3,(H,29,34)(H,32,33). The van der Waals surface area contributed by atoms with Gasteiger partial charge in [0.1, 0.15) is 12.6 Å². The first-order chi connectivity index (χ1) is 16.9. The van der Waals surface area contributed by atoms with Crippen molar-refractivity contribution in [2.45, 2.75) is 57.9 Å². The number of carboxylic acids is 1. The summed E-state index contributed by atoms with van der Waals surface area (Å²) in [6, 6.07) is 15.5. The van der Waals surface area contributed by atoms with Gasteiger partial charge in [0.25, 0.3) is 0 Å². The molecule has 1 aliphatic carbocycles. The van der Waals surface area contributed by atoms with Crippen LogP contribution in [0.2, 0.25) is 0 Å². The number of amides is 2. The van der Waals surface area contributed by atoms with E-state index in [4.69, 9.17) is 4.74 Å². The summed E-state index contributed by atoms with van der Waals surface area (Å²) in [4.78, 5) is 39.6. The number of ether oxygens (including phenoxy) is 1. The van der Waals surface area contributed by atoms with Crippen LogP contribution in [0.15, 0.2) is 48.5 Å². The summed E-state index contributed by atoms with van der Waals surface area (Å²) in [6.45, 7) is 4.64. The second kappa shape index (κ2) is 10.5. The first-order valence-corrected chi connectivity index (χ1v) is 12.5. The quantitative estimate of drug-likeness (QED) is 0.568. The van der Waals surface area contributed by atoms with E-state index in [1.807, 2.05) is 38.1 Å². The number of benzene rings is 2. The molecule has 0 saturated carbocycles. The lowest BCUT2D eigenvalue weighted by Gasteiger charge is -2.40. The zero-order valence-electron chi connectivity index (χ0n) is 20.5. The Balaban J connectivity index is 1.42. The van der Waals surface area contributed by atoms with Crippen LogP contribution in [0.4, 0.5) is 4.79 Å². The van der Waals surface area contributed by atoms with E-state index < -0.39 is 23.5 Å². The molecule has 4 rings (SSSR count). The highest BCUT2D eigenvalue weighted by Gasteiger charge is 2.43. The van der Waals surface area contributed by atoms with Gasteiger partial charge in [-0.15, -0.1) is 0 Å². The number of hydrogen-bond acceptors (Lipinski definition) is 4. The Morgan fingerprint density at radius 2 is 1.71 bits per heavy atom. The number of carbonyl (C=O) groups is 3. The Bertz CT molecular complexity index is 1050. The van der Waals surface area contributed by atoms with E-state index in [0.29, 0.717) is 38.6 Å². The number of fused-ring (bicyclic) bond motifs is 3. The Morgan fingerprint density at radius 1 is 1.09 bits per heavy atom. The van der Waals surface area contributed by atoms with Crippen molar-refractivity contribution in [3.05, 3.63) is 59.7 Å². The van der Waals surface area contributed by atoms with E-state index >= 15 is 0 Å². The van der Waals surface area contributed by atoms with Gasteiger partial charge in [0.05, 0.1) is 5.41 Å². The van der Waals surface area contributed by atoms with Crippen LogP contribution in [0.25, 0.3) is 11.1 Å². The summed E-state index contributed by atoms with van der Waals surface area (Å²) in [6.07, 6.45) is 2.19. The zero-order chi connectivity index (χ0) is 25.0. The van der Waals surface area contributed by atoms with Crippen molar-refractivity contribution in [1.82, 2.24) is 10.2 Å². The van der Waals surface area contributed by atoms with E-state index in [1.165, 1.54) is 0 Å². The van der Waals surface area contributed by atoms with E-state index in [-0.39, 0.29) is 25.0 Å². The zero-order valence-corrected chi connectivity index (χ0v) is 20.5. The summed E-state index contributed by atoms with van der Waals surface area (Å²) >= 11 is 0. The number of carbonyl (C=O) groups excluding carboxylic acids is 2. The monoisotopic (exact) mass is 478 g/mol. The molecule has 1 fully saturated rings. The fourth-order valence-electron chi connectivity index (χ4n) is 5.48. The van der Waals surface area contributed by atoms with Gasteiger partial charge >= 0.3 is 12.1 Å². The van der Waals surface area contributed by atoms with Gasteiger partial charge in [0.15, 0.2) is 0 Å². The Kier molecular flexibility index (Phi) is 7.43. The van der Waals surface area contributed by atoms with Crippen molar-refractivity contribution in [3.63, 3.8) is 0 Å². The van der Waals surface area contributed by atoms with Crippen molar-refractivity contribution in [2.75, 3.05) is 19.7 Å². The molecule has 0 spiro atoms. The summed E-state index contributed by atoms with van der Waals surface area (Å²) in [5.74, 6) is -1.16. The minimum Gasteiger partial charge on any atom is -0.481 e. The largest absolute Gasteiger partial charge is 0.481 e. The molecule has 0 aromatic heterocycles.